The van der Waals surface area contributed by atoms with Gasteiger partial charge >= 0.3 is 6.09 Å². The maximum Gasteiger partial charge on any atom is 0.410 e. The lowest BCUT2D eigenvalue weighted by molar-refractivity contribution is 0.000681. The summed E-state index contributed by atoms with van der Waals surface area (Å²) in [5.74, 6) is 2.61. The fourth-order valence-electron chi connectivity index (χ4n) is 5.88. The highest BCUT2D eigenvalue weighted by Gasteiger charge is 2.43. The van der Waals surface area contributed by atoms with E-state index in [0.29, 0.717) is 41.6 Å². The van der Waals surface area contributed by atoms with Gasteiger partial charge in [-0.05, 0) is 76.4 Å². The summed E-state index contributed by atoms with van der Waals surface area (Å²) in [6.45, 7) is 8.89. The molecule has 2 aromatic carbocycles. The van der Waals surface area contributed by atoms with Crippen LogP contribution >= 0.6 is 0 Å². The molecule has 2 bridgehead atoms. The molecule has 0 saturated carbocycles. The Labute approximate surface area is 254 Å². The molecule has 0 spiro atoms. The van der Waals surface area contributed by atoms with Gasteiger partial charge in [0.2, 0.25) is 5.95 Å². The second-order valence-electron chi connectivity index (χ2n) is 12.4. The van der Waals surface area contributed by atoms with E-state index in [-0.39, 0.29) is 18.2 Å². The molecule has 5 aromatic rings. The van der Waals surface area contributed by atoms with Gasteiger partial charge in [0.25, 0.3) is 0 Å². The lowest BCUT2D eigenvalue weighted by Crippen LogP contribution is -2.64. The van der Waals surface area contributed by atoms with Crippen molar-refractivity contribution < 1.29 is 14.3 Å². The predicted octanol–water partition coefficient (Wildman–Crippen LogP) is 5.13. The molecule has 13 nitrogen and oxygen atoms in total. The summed E-state index contributed by atoms with van der Waals surface area (Å²) >= 11 is 0. The van der Waals surface area contributed by atoms with Crippen molar-refractivity contribution in [1.82, 2.24) is 39.8 Å². The highest BCUT2D eigenvalue weighted by atomic mass is 16.6. The van der Waals surface area contributed by atoms with Crippen LogP contribution in [0.15, 0.2) is 48.9 Å². The first-order valence-electron chi connectivity index (χ1n) is 14.7. The number of aryl methyl sites for hydroxylation is 2. The second-order valence-corrected chi connectivity index (χ2v) is 12.4. The quantitative estimate of drug-likeness (QED) is 0.290. The monoisotopic (exact) mass is 594 g/mol. The molecule has 13 heteroatoms. The van der Waals surface area contributed by atoms with Crippen molar-refractivity contribution in [3.05, 3.63) is 54.5 Å². The summed E-state index contributed by atoms with van der Waals surface area (Å²) in [6.07, 6.45) is 4.86. The van der Waals surface area contributed by atoms with Gasteiger partial charge in [0.05, 0.1) is 17.8 Å². The van der Waals surface area contributed by atoms with Crippen molar-refractivity contribution in [3.63, 3.8) is 0 Å². The van der Waals surface area contributed by atoms with Gasteiger partial charge in [-0.1, -0.05) is 5.21 Å². The molecule has 3 aromatic heterocycles. The summed E-state index contributed by atoms with van der Waals surface area (Å²) < 4.78 is 13.6. The van der Waals surface area contributed by atoms with Crippen LogP contribution in [0.25, 0.3) is 22.1 Å². The van der Waals surface area contributed by atoms with E-state index < -0.39 is 5.60 Å². The number of carbonyl (C=O) groups excluding carboxylic acids is 1. The molecule has 0 aliphatic carbocycles. The van der Waals surface area contributed by atoms with E-state index in [0.717, 1.165) is 40.9 Å². The highest BCUT2D eigenvalue weighted by molar-refractivity contribution is 5.87. The molecule has 2 unspecified atom stereocenters. The summed E-state index contributed by atoms with van der Waals surface area (Å²) in [5, 5.41) is 11.6. The van der Waals surface area contributed by atoms with E-state index in [1.165, 1.54) is 6.33 Å². The van der Waals surface area contributed by atoms with E-state index in [2.05, 4.69) is 35.5 Å². The molecule has 6 heterocycles. The van der Waals surface area contributed by atoms with Gasteiger partial charge in [0, 0.05) is 37.9 Å². The third kappa shape index (κ3) is 5.29. The molecule has 44 heavy (non-hydrogen) atoms. The number of hydrogen-bond donors (Lipinski definition) is 1. The number of piperidine rings is 2. The summed E-state index contributed by atoms with van der Waals surface area (Å²) in [6, 6.07) is 11.7. The number of ether oxygens (including phenoxy) is 2. The van der Waals surface area contributed by atoms with Gasteiger partial charge in [-0.15, -0.1) is 5.10 Å². The molecular weight excluding hydrogens is 560 g/mol. The SMILES string of the molecule is Cc1cc(Nc2ncnc3cnc(N4CC5CCC4CN5C(=O)OC(C)(C)C)nc23)ccc1Oc1ccc2c(c1)nnn2C. The maximum atomic E-state index is 12.8. The molecule has 3 saturated heterocycles. The number of benzene rings is 2. The van der Waals surface area contributed by atoms with E-state index >= 15 is 0 Å². The summed E-state index contributed by atoms with van der Waals surface area (Å²) in [5.41, 5.74) is 4.23. The van der Waals surface area contributed by atoms with Crippen LogP contribution in [-0.2, 0) is 11.8 Å². The van der Waals surface area contributed by atoms with Gasteiger partial charge < -0.3 is 24.6 Å². The van der Waals surface area contributed by atoms with Crippen LogP contribution in [-0.4, -0.2) is 76.7 Å². The van der Waals surface area contributed by atoms with Crippen molar-refractivity contribution in [2.75, 3.05) is 23.3 Å². The second kappa shape index (κ2) is 10.6. The van der Waals surface area contributed by atoms with Crippen LogP contribution in [0.1, 0.15) is 39.2 Å². The van der Waals surface area contributed by atoms with Crippen molar-refractivity contribution in [2.24, 2.45) is 7.05 Å². The fraction of sp³-hybridized carbons (Fsp3) is 0.387. The fourth-order valence-corrected chi connectivity index (χ4v) is 5.88. The zero-order chi connectivity index (χ0) is 30.6. The highest BCUT2D eigenvalue weighted by Crippen LogP contribution is 2.34. The smallest absolute Gasteiger partial charge is 0.410 e. The molecule has 1 N–H and O–H groups in total. The number of aromatic nitrogens is 7. The lowest BCUT2D eigenvalue weighted by atomic mass is 9.91. The Kier molecular flexibility index (Phi) is 6.67. The van der Waals surface area contributed by atoms with Gasteiger partial charge in [0.1, 0.15) is 40.0 Å². The molecular formula is C31H34N10O3. The van der Waals surface area contributed by atoms with Crippen LogP contribution in [0.3, 0.4) is 0 Å². The lowest BCUT2D eigenvalue weighted by Gasteiger charge is -2.51. The number of piperazine rings is 1. The number of rotatable bonds is 5. The first-order chi connectivity index (χ1) is 21.1. The minimum absolute atomic E-state index is 0.0463. The Hall–Kier alpha value is -5.07. The van der Waals surface area contributed by atoms with Gasteiger partial charge in [-0.2, -0.15) is 0 Å². The Morgan fingerprint density at radius 3 is 2.61 bits per heavy atom. The first-order valence-corrected chi connectivity index (χ1v) is 14.7. The Balaban J connectivity index is 1.09. The van der Waals surface area contributed by atoms with Gasteiger partial charge in [-0.3, -0.25) is 0 Å². The number of carbonyl (C=O) groups is 1. The number of amides is 1. The molecule has 3 aliphatic heterocycles. The molecule has 1 amide bonds. The number of nitrogens with one attached hydrogen (secondary N) is 1. The zero-order valence-electron chi connectivity index (χ0n) is 25.4. The number of fused-ring (bicyclic) bond motifs is 5. The Morgan fingerprint density at radius 1 is 1.00 bits per heavy atom. The van der Waals surface area contributed by atoms with Crippen LogP contribution in [0.5, 0.6) is 11.5 Å². The predicted molar refractivity (Wildman–Crippen MR) is 165 cm³/mol. The van der Waals surface area contributed by atoms with E-state index in [1.54, 1.807) is 10.9 Å². The van der Waals surface area contributed by atoms with E-state index in [9.17, 15) is 4.79 Å². The van der Waals surface area contributed by atoms with E-state index in [4.69, 9.17) is 14.5 Å². The van der Waals surface area contributed by atoms with Crippen molar-refractivity contribution in [2.45, 2.75) is 58.2 Å². The van der Waals surface area contributed by atoms with E-state index in [1.807, 2.05) is 76.0 Å². The van der Waals surface area contributed by atoms with Crippen LogP contribution in [0.4, 0.5) is 22.2 Å². The van der Waals surface area contributed by atoms with Crippen LogP contribution < -0.4 is 15.0 Å². The first kappa shape index (κ1) is 27.7. The maximum absolute atomic E-state index is 12.8. The van der Waals surface area contributed by atoms with Gasteiger partial charge in [-0.25, -0.2) is 29.4 Å². The molecule has 226 valence electrons. The average Bonchev–Trinajstić information content (AvgIpc) is 3.37. The third-order valence-electron chi connectivity index (χ3n) is 8.03. The average molecular weight is 595 g/mol. The number of hydrogen-bond acceptors (Lipinski definition) is 11. The van der Waals surface area contributed by atoms with Crippen LogP contribution in [0.2, 0.25) is 0 Å². The topological polar surface area (TPSA) is 136 Å². The Bertz CT molecular complexity index is 1880. The Morgan fingerprint density at radius 2 is 1.84 bits per heavy atom. The number of anilines is 3. The molecule has 3 fully saturated rings. The minimum Gasteiger partial charge on any atom is -0.457 e. The summed E-state index contributed by atoms with van der Waals surface area (Å²) in [7, 11) is 1.86. The molecule has 3 aliphatic rings. The molecule has 0 radical (unpaired) electrons. The van der Waals surface area contributed by atoms with Crippen molar-refractivity contribution >= 4 is 45.6 Å². The minimum atomic E-state index is -0.531. The molecule has 8 rings (SSSR count). The summed E-state index contributed by atoms with van der Waals surface area (Å²) in [4.78, 5) is 35.4. The number of nitrogens with zero attached hydrogens (tertiary/aromatic N) is 9. The third-order valence-corrected chi connectivity index (χ3v) is 8.03. The van der Waals surface area contributed by atoms with Crippen LogP contribution in [0, 0.1) is 6.92 Å². The molecule has 2 atom stereocenters. The zero-order valence-corrected chi connectivity index (χ0v) is 25.4. The normalized spacial score (nSPS) is 18.2. The van der Waals surface area contributed by atoms with Gasteiger partial charge in [0.15, 0.2) is 5.82 Å². The van der Waals surface area contributed by atoms with Crippen molar-refractivity contribution in [3.8, 4) is 11.5 Å². The van der Waals surface area contributed by atoms with Crippen molar-refractivity contribution in [1.29, 1.82) is 0 Å². The largest absolute Gasteiger partial charge is 0.457 e. The standard InChI is InChI=1S/C31H34N10O3/c1-18-12-19(6-11-26(18)43-22-9-10-25-23(13-22)37-38-39(25)5)35-28-27-24(33-17-34-28)14-32-29(36-27)40-15-21-8-7-20(40)16-41(21)30(42)44-31(2,3)4/h6,9-14,17,20-21H,7-8,15-16H2,1-5H3,(H,33,34,35).